The van der Waals surface area contributed by atoms with Gasteiger partial charge in [0.05, 0.1) is 0 Å². The second-order valence-corrected chi connectivity index (χ2v) is 5.45. The first-order valence-electron chi connectivity index (χ1n) is 6.76. The van der Waals surface area contributed by atoms with Crippen LogP contribution in [-0.4, -0.2) is 36.1 Å². The highest BCUT2D eigenvalue weighted by atomic mass is 15.2. The van der Waals surface area contributed by atoms with E-state index in [1.807, 2.05) is 0 Å². The van der Waals surface area contributed by atoms with Crippen molar-refractivity contribution in [1.82, 2.24) is 10.2 Å². The summed E-state index contributed by atoms with van der Waals surface area (Å²) in [6.45, 7) is 7.35. The Hall–Kier alpha value is -0.0800. The van der Waals surface area contributed by atoms with Crippen LogP contribution in [0.5, 0.6) is 0 Å². The highest BCUT2D eigenvalue weighted by Gasteiger charge is 2.25. The maximum absolute atomic E-state index is 3.60. The molecule has 2 heterocycles. The van der Waals surface area contributed by atoms with Gasteiger partial charge in [0.25, 0.3) is 0 Å². The third kappa shape index (κ3) is 2.94. The molecule has 0 saturated carbocycles. The molecular formula is C13H26N2. The molecule has 88 valence electrons. The van der Waals surface area contributed by atoms with Gasteiger partial charge in [-0.25, -0.2) is 0 Å². The fourth-order valence-electron chi connectivity index (χ4n) is 3.22. The monoisotopic (exact) mass is 210 g/mol. The van der Waals surface area contributed by atoms with Gasteiger partial charge in [-0.15, -0.1) is 0 Å². The molecule has 0 aromatic heterocycles. The van der Waals surface area contributed by atoms with Gasteiger partial charge >= 0.3 is 0 Å². The van der Waals surface area contributed by atoms with Crippen molar-refractivity contribution in [1.29, 1.82) is 0 Å². The van der Waals surface area contributed by atoms with Crippen molar-refractivity contribution in [3.05, 3.63) is 0 Å². The Balaban J connectivity index is 1.75. The third-order valence-electron chi connectivity index (χ3n) is 4.27. The molecule has 2 aliphatic heterocycles. The summed E-state index contributed by atoms with van der Waals surface area (Å²) in [5.74, 6) is 0. The zero-order chi connectivity index (χ0) is 10.7. The van der Waals surface area contributed by atoms with E-state index in [9.17, 15) is 0 Å². The summed E-state index contributed by atoms with van der Waals surface area (Å²) in [5, 5.41) is 3.60. The number of piperidine rings is 1. The van der Waals surface area contributed by atoms with Crippen LogP contribution >= 0.6 is 0 Å². The van der Waals surface area contributed by atoms with E-state index in [0.29, 0.717) is 0 Å². The summed E-state index contributed by atoms with van der Waals surface area (Å²) in [6, 6.07) is 2.44. The summed E-state index contributed by atoms with van der Waals surface area (Å²) >= 11 is 0. The maximum atomic E-state index is 3.60. The molecule has 2 nitrogen and oxygen atoms in total. The first-order valence-corrected chi connectivity index (χ1v) is 6.76. The Kier molecular flexibility index (Phi) is 4.04. The molecule has 2 rings (SSSR count). The predicted octanol–water partition coefficient (Wildman–Crippen LogP) is 2.39. The standard InChI is InChI=1S/C13H26N2/c1-11-5-3-6-12(2)15(11)10-8-13-7-4-9-14-13/h11-14H,3-10H2,1-2H3/t11-,12+,13?. The Bertz CT molecular complexity index is 177. The van der Waals surface area contributed by atoms with Gasteiger partial charge in [0.2, 0.25) is 0 Å². The molecule has 0 radical (unpaired) electrons. The molecule has 0 spiro atoms. The largest absolute Gasteiger partial charge is 0.314 e. The third-order valence-corrected chi connectivity index (χ3v) is 4.27. The van der Waals surface area contributed by atoms with Crippen molar-refractivity contribution in [2.75, 3.05) is 13.1 Å². The molecule has 2 saturated heterocycles. The van der Waals surface area contributed by atoms with Crippen LogP contribution in [0.4, 0.5) is 0 Å². The molecule has 2 fully saturated rings. The van der Waals surface area contributed by atoms with E-state index in [1.54, 1.807) is 0 Å². The fourth-order valence-corrected chi connectivity index (χ4v) is 3.22. The Morgan fingerprint density at radius 3 is 2.40 bits per heavy atom. The van der Waals surface area contributed by atoms with Crippen LogP contribution in [0, 0.1) is 0 Å². The number of hydrogen-bond acceptors (Lipinski definition) is 2. The molecule has 0 amide bonds. The van der Waals surface area contributed by atoms with Crippen molar-refractivity contribution < 1.29 is 0 Å². The SMILES string of the molecule is C[C@@H]1CCC[C@H](C)N1CCC1CCCN1. The van der Waals surface area contributed by atoms with Crippen LogP contribution < -0.4 is 5.32 Å². The summed E-state index contributed by atoms with van der Waals surface area (Å²) < 4.78 is 0. The van der Waals surface area contributed by atoms with E-state index in [1.165, 1.54) is 51.6 Å². The van der Waals surface area contributed by atoms with E-state index in [4.69, 9.17) is 0 Å². The Labute approximate surface area is 94.4 Å². The van der Waals surface area contributed by atoms with Crippen molar-refractivity contribution in [2.24, 2.45) is 0 Å². The van der Waals surface area contributed by atoms with Gasteiger partial charge < -0.3 is 5.32 Å². The molecular weight excluding hydrogens is 184 g/mol. The lowest BCUT2D eigenvalue weighted by molar-refractivity contribution is 0.0989. The summed E-state index contributed by atoms with van der Waals surface area (Å²) in [5.41, 5.74) is 0. The van der Waals surface area contributed by atoms with E-state index in [-0.39, 0.29) is 0 Å². The second kappa shape index (κ2) is 5.31. The first-order chi connectivity index (χ1) is 7.27. The number of hydrogen-bond donors (Lipinski definition) is 1. The van der Waals surface area contributed by atoms with Crippen LogP contribution in [0.3, 0.4) is 0 Å². The zero-order valence-electron chi connectivity index (χ0n) is 10.3. The number of rotatable bonds is 3. The number of nitrogens with zero attached hydrogens (tertiary/aromatic N) is 1. The smallest absolute Gasteiger partial charge is 0.00797 e. The Morgan fingerprint density at radius 1 is 1.07 bits per heavy atom. The minimum Gasteiger partial charge on any atom is -0.314 e. The minimum absolute atomic E-state index is 0.811. The zero-order valence-corrected chi connectivity index (χ0v) is 10.3. The van der Waals surface area contributed by atoms with Gasteiger partial charge in [0, 0.05) is 24.7 Å². The van der Waals surface area contributed by atoms with E-state index >= 15 is 0 Å². The molecule has 2 aliphatic rings. The van der Waals surface area contributed by atoms with Crippen LogP contribution in [0.25, 0.3) is 0 Å². The fraction of sp³-hybridized carbons (Fsp3) is 1.00. The topological polar surface area (TPSA) is 15.3 Å². The maximum Gasteiger partial charge on any atom is 0.00797 e. The van der Waals surface area contributed by atoms with Gasteiger partial charge in [-0.1, -0.05) is 6.42 Å². The highest BCUT2D eigenvalue weighted by Crippen LogP contribution is 2.23. The number of nitrogens with one attached hydrogen (secondary N) is 1. The molecule has 0 aromatic carbocycles. The lowest BCUT2D eigenvalue weighted by Crippen LogP contribution is -2.45. The quantitative estimate of drug-likeness (QED) is 0.769. The normalized spacial score (nSPS) is 38.4. The molecule has 0 aliphatic carbocycles. The van der Waals surface area contributed by atoms with Gasteiger partial charge in [-0.2, -0.15) is 0 Å². The minimum atomic E-state index is 0.811. The van der Waals surface area contributed by atoms with Crippen LogP contribution in [0.2, 0.25) is 0 Å². The molecule has 0 bridgehead atoms. The Morgan fingerprint density at radius 2 is 1.80 bits per heavy atom. The van der Waals surface area contributed by atoms with Crippen LogP contribution in [0.1, 0.15) is 52.4 Å². The summed E-state index contributed by atoms with van der Waals surface area (Å²) in [7, 11) is 0. The van der Waals surface area contributed by atoms with Crippen molar-refractivity contribution >= 4 is 0 Å². The molecule has 3 atom stereocenters. The number of likely N-dealkylation sites (tertiary alicyclic amines) is 1. The van der Waals surface area contributed by atoms with Crippen molar-refractivity contribution in [3.63, 3.8) is 0 Å². The molecule has 1 unspecified atom stereocenters. The van der Waals surface area contributed by atoms with Crippen molar-refractivity contribution in [3.8, 4) is 0 Å². The van der Waals surface area contributed by atoms with Crippen LogP contribution in [-0.2, 0) is 0 Å². The van der Waals surface area contributed by atoms with Gasteiger partial charge in [0.1, 0.15) is 0 Å². The molecule has 2 heteroatoms. The molecule has 15 heavy (non-hydrogen) atoms. The van der Waals surface area contributed by atoms with E-state index in [2.05, 4.69) is 24.1 Å². The van der Waals surface area contributed by atoms with E-state index in [0.717, 1.165) is 18.1 Å². The first kappa shape index (κ1) is 11.4. The lowest BCUT2D eigenvalue weighted by Gasteiger charge is -2.39. The second-order valence-electron chi connectivity index (χ2n) is 5.45. The highest BCUT2D eigenvalue weighted by molar-refractivity contribution is 4.82. The predicted molar refractivity (Wildman–Crippen MR) is 65.1 cm³/mol. The van der Waals surface area contributed by atoms with Gasteiger partial charge in [-0.3, -0.25) is 4.90 Å². The average Bonchev–Trinajstić information content (AvgIpc) is 2.70. The summed E-state index contributed by atoms with van der Waals surface area (Å²) in [4.78, 5) is 2.73. The average molecular weight is 210 g/mol. The molecule has 0 aromatic rings. The van der Waals surface area contributed by atoms with Crippen molar-refractivity contribution in [2.45, 2.75) is 70.5 Å². The lowest BCUT2D eigenvalue weighted by atomic mass is 9.97. The summed E-state index contributed by atoms with van der Waals surface area (Å²) in [6.07, 6.45) is 8.38. The van der Waals surface area contributed by atoms with Gasteiger partial charge in [-0.05, 0) is 52.5 Å². The van der Waals surface area contributed by atoms with E-state index < -0.39 is 0 Å². The van der Waals surface area contributed by atoms with Gasteiger partial charge in [0.15, 0.2) is 0 Å². The molecule has 1 N–H and O–H groups in total. The van der Waals surface area contributed by atoms with Crippen LogP contribution in [0.15, 0.2) is 0 Å².